The van der Waals surface area contributed by atoms with Crippen LogP contribution in [0, 0.1) is 5.41 Å². The maximum absolute atomic E-state index is 11.4. The Morgan fingerprint density at radius 1 is 1.23 bits per heavy atom. The van der Waals surface area contributed by atoms with E-state index in [0.717, 1.165) is 19.3 Å². The maximum Gasteiger partial charge on any atom is 0.212 e. The fourth-order valence-electron chi connectivity index (χ4n) is 1.08. The molecule has 0 saturated heterocycles. The Morgan fingerprint density at radius 3 is 2.31 bits per heavy atom. The average Bonchev–Trinajstić information content (AvgIpc) is 2.12. The van der Waals surface area contributed by atoms with Gasteiger partial charge in [0.15, 0.2) is 0 Å². The molecule has 0 bridgehead atoms. The van der Waals surface area contributed by atoms with Crippen molar-refractivity contribution >= 4 is 12.1 Å². The normalized spacial score (nSPS) is 11.3. The third kappa shape index (κ3) is 4.81. The van der Waals surface area contributed by atoms with Crippen LogP contribution >= 0.6 is 0 Å². The molecule has 13 heavy (non-hydrogen) atoms. The Bertz CT molecular complexity index is 171. The number of carbonyl (C=O) groups excluding carboxylic acids is 2. The Balaban J connectivity index is 3.68. The van der Waals surface area contributed by atoms with Crippen LogP contribution in [0.3, 0.4) is 0 Å². The molecule has 0 aliphatic carbocycles. The van der Waals surface area contributed by atoms with Crippen LogP contribution in [0.15, 0.2) is 0 Å². The average molecular weight is 183 g/mol. The number of hydrogen-bond acceptors (Lipinski definition) is 2. The third-order valence-electron chi connectivity index (χ3n) is 2.21. The molecule has 0 aromatic carbocycles. The zero-order valence-corrected chi connectivity index (χ0v) is 8.85. The standard InChI is InChI=1S/C11H19O2/c1-4-5-6-7-8-10(13)11(2,3)9-12/h4-8H2,1-3H3. The van der Waals surface area contributed by atoms with Crippen molar-refractivity contribution in [3.8, 4) is 0 Å². The molecule has 0 aromatic rings. The minimum absolute atomic E-state index is 0.0126. The lowest BCUT2D eigenvalue weighted by atomic mass is 9.87. The summed E-state index contributed by atoms with van der Waals surface area (Å²) in [6, 6.07) is 0. The third-order valence-corrected chi connectivity index (χ3v) is 2.21. The summed E-state index contributed by atoms with van der Waals surface area (Å²) in [4.78, 5) is 21.8. The van der Waals surface area contributed by atoms with E-state index >= 15 is 0 Å². The van der Waals surface area contributed by atoms with E-state index in [9.17, 15) is 9.59 Å². The minimum Gasteiger partial charge on any atom is -0.299 e. The van der Waals surface area contributed by atoms with E-state index in [1.807, 2.05) is 0 Å². The second-order valence-corrected chi connectivity index (χ2v) is 3.96. The van der Waals surface area contributed by atoms with Gasteiger partial charge in [0, 0.05) is 6.42 Å². The molecule has 0 amide bonds. The summed E-state index contributed by atoms with van der Waals surface area (Å²) in [5.41, 5.74) is -0.897. The zero-order valence-electron chi connectivity index (χ0n) is 8.85. The highest BCUT2D eigenvalue weighted by Gasteiger charge is 2.26. The molecular formula is C11H19O2. The van der Waals surface area contributed by atoms with Crippen molar-refractivity contribution in [3.05, 3.63) is 0 Å². The van der Waals surface area contributed by atoms with Gasteiger partial charge in [0.05, 0.1) is 5.41 Å². The highest BCUT2D eigenvalue weighted by Crippen LogP contribution is 2.17. The first-order valence-corrected chi connectivity index (χ1v) is 4.97. The molecule has 0 rings (SSSR count). The van der Waals surface area contributed by atoms with Gasteiger partial charge in [0.1, 0.15) is 5.78 Å². The zero-order chi connectivity index (χ0) is 10.3. The summed E-state index contributed by atoms with van der Waals surface area (Å²) >= 11 is 0. The van der Waals surface area contributed by atoms with Gasteiger partial charge >= 0.3 is 0 Å². The molecule has 0 aliphatic heterocycles. The van der Waals surface area contributed by atoms with Crippen LogP contribution in [-0.4, -0.2) is 12.1 Å². The largest absolute Gasteiger partial charge is 0.299 e. The smallest absolute Gasteiger partial charge is 0.212 e. The van der Waals surface area contributed by atoms with Crippen LogP contribution in [0.4, 0.5) is 0 Å². The van der Waals surface area contributed by atoms with Crippen LogP contribution in [0.25, 0.3) is 0 Å². The van der Waals surface area contributed by atoms with E-state index in [-0.39, 0.29) is 5.78 Å². The van der Waals surface area contributed by atoms with Crippen LogP contribution < -0.4 is 0 Å². The predicted molar refractivity (Wildman–Crippen MR) is 53.2 cm³/mol. The molecule has 0 N–H and O–H groups in total. The molecule has 0 saturated carbocycles. The molecule has 0 spiro atoms. The van der Waals surface area contributed by atoms with Gasteiger partial charge in [-0.3, -0.25) is 9.59 Å². The molecule has 75 valence electrons. The number of unbranched alkanes of at least 4 members (excludes halogenated alkanes) is 3. The van der Waals surface area contributed by atoms with Crippen molar-refractivity contribution in [2.75, 3.05) is 0 Å². The summed E-state index contributed by atoms with van der Waals surface area (Å²) < 4.78 is 0. The first-order chi connectivity index (χ1) is 6.04. The number of ketones is 1. The van der Waals surface area contributed by atoms with Crippen molar-refractivity contribution in [3.63, 3.8) is 0 Å². The van der Waals surface area contributed by atoms with Crippen LogP contribution in [-0.2, 0) is 9.59 Å². The number of rotatable bonds is 7. The van der Waals surface area contributed by atoms with E-state index in [2.05, 4.69) is 6.92 Å². The number of Topliss-reactive ketones (excluding diaryl/α,β-unsaturated/α-hetero) is 1. The molecule has 0 aliphatic rings. The minimum atomic E-state index is -0.897. The molecule has 2 heteroatoms. The van der Waals surface area contributed by atoms with E-state index < -0.39 is 5.41 Å². The summed E-state index contributed by atoms with van der Waals surface area (Å²) in [6.07, 6.45) is 6.61. The van der Waals surface area contributed by atoms with E-state index in [1.165, 1.54) is 6.42 Å². The van der Waals surface area contributed by atoms with Gasteiger partial charge in [0.2, 0.25) is 6.29 Å². The van der Waals surface area contributed by atoms with Gasteiger partial charge in [-0.1, -0.05) is 26.2 Å². The Kier molecular flexibility index (Phi) is 5.60. The lowest BCUT2D eigenvalue weighted by Crippen LogP contribution is -2.25. The molecule has 0 fully saturated rings. The van der Waals surface area contributed by atoms with Gasteiger partial charge in [-0.05, 0) is 20.3 Å². The first kappa shape index (κ1) is 12.3. The van der Waals surface area contributed by atoms with Crippen LogP contribution in [0.5, 0.6) is 0 Å². The molecule has 2 nitrogen and oxygen atoms in total. The summed E-state index contributed by atoms with van der Waals surface area (Å²) in [5.74, 6) is 0.0126. The molecule has 0 heterocycles. The molecule has 1 radical (unpaired) electrons. The second-order valence-electron chi connectivity index (χ2n) is 3.96. The Labute approximate surface area is 80.7 Å². The lowest BCUT2D eigenvalue weighted by molar-refractivity contribution is -0.124. The first-order valence-electron chi connectivity index (χ1n) is 4.97. The fourth-order valence-corrected chi connectivity index (χ4v) is 1.08. The van der Waals surface area contributed by atoms with Gasteiger partial charge in [-0.25, -0.2) is 0 Å². The summed E-state index contributed by atoms with van der Waals surface area (Å²) in [7, 11) is 0. The van der Waals surface area contributed by atoms with E-state index in [4.69, 9.17) is 0 Å². The molecule has 0 aromatic heterocycles. The fraction of sp³-hybridized carbons (Fsp3) is 0.818. The highest BCUT2D eigenvalue weighted by molar-refractivity contribution is 5.97. The highest BCUT2D eigenvalue weighted by atomic mass is 16.1. The van der Waals surface area contributed by atoms with Gasteiger partial charge in [0.25, 0.3) is 0 Å². The van der Waals surface area contributed by atoms with Crippen molar-refractivity contribution in [2.24, 2.45) is 5.41 Å². The van der Waals surface area contributed by atoms with Gasteiger partial charge in [-0.15, -0.1) is 0 Å². The van der Waals surface area contributed by atoms with Crippen molar-refractivity contribution in [2.45, 2.75) is 52.9 Å². The van der Waals surface area contributed by atoms with Crippen LogP contribution in [0.1, 0.15) is 52.9 Å². The SMILES string of the molecule is CCCCCCC(=O)C(C)(C)[C]=O. The lowest BCUT2D eigenvalue weighted by Gasteiger charge is -2.13. The maximum atomic E-state index is 11.4. The predicted octanol–water partition coefficient (Wildman–Crippen LogP) is 2.66. The number of carbonyl (C=O) groups is 1. The quantitative estimate of drug-likeness (QED) is 0.449. The van der Waals surface area contributed by atoms with Crippen molar-refractivity contribution in [1.82, 2.24) is 0 Å². The summed E-state index contributed by atoms with van der Waals surface area (Å²) in [6.45, 7) is 5.38. The van der Waals surface area contributed by atoms with E-state index in [1.54, 1.807) is 20.1 Å². The second kappa shape index (κ2) is 5.90. The molecule has 0 atom stereocenters. The van der Waals surface area contributed by atoms with Gasteiger partial charge < -0.3 is 0 Å². The molecule has 0 unspecified atom stereocenters. The Hall–Kier alpha value is -0.660. The van der Waals surface area contributed by atoms with Crippen LogP contribution in [0.2, 0.25) is 0 Å². The van der Waals surface area contributed by atoms with Crippen molar-refractivity contribution in [1.29, 1.82) is 0 Å². The monoisotopic (exact) mass is 183 g/mol. The topological polar surface area (TPSA) is 34.1 Å². The van der Waals surface area contributed by atoms with Gasteiger partial charge in [-0.2, -0.15) is 0 Å². The summed E-state index contributed by atoms with van der Waals surface area (Å²) in [5, 5.41) is 0. The Morgan fingerprint density at radius 2 is 1.85 bits per heavy atom. The molecular weight excluding hydrogens is 164 g/mol. The van der Waals surface area contributed by atoms with E-state index in [0.29, 0.717) is 6.42 Å². The number of hydrogen-bond donors (Lipinski definition) is 0. The van der Waals surface area contributed by atoms with Crippen molar-refractivity contribution < 1.29 is 9.59 Å².